The summed E-state index contributed by atoms with van der Waals surface area (Å²) in [6.07, 6.45) is 5.89. The number of aliphatic hydroxyl groups excluding tert-OH is 1. The second-order valence-corrected chi connectivity index (χ2v) is 7.63. The molecule has 1 saturated heterocycles. The summed E-state index contributed by atoms with van der Waals surface area (Å²) in [5, 5.41) is 11.1. The molecule has 1 N–H and O–H groups in total. The highest BCUT2D eigenvalue weighted by Crippen LogP contribution is 2.41. The van der Waals surface area contributed by atoms with Crippen molar-refractivity contribution in [3.63, 3.8) is 0 Å². The molecule has 2 aromatic carbocycles. The zero-order chi connectivity index (χ0) is 22.1. The minimum Gasteiger partial charge on any atom is -0.507 e. The molecule has 32 heavy (non-hydrogen) atoms. The molecule has 1 atom stereocenters. The van der Waals surface area contributed by atoms with E-state index in [1.54, 1.807) is 30.7 Å². The average Bonchev–Trinajstić information content (AvgIpc) is 3.55. The average molecular weight is 431 g/mol. The number of imidazole rings is 1. The highest BCUT2D eigenvalue weighted by Gasteiger charge is 2.45. The minimum absolute atomic E-state index is 0.0719. The van der Waals surface area contributed by atoms with Gasteiger partial charge in [0, 0.05) is 31.0 Å². The summed E-state index contributed by atoms with van der Waals surface area (Å²) in [5.74, 6) is -0.489. The Balaban J connectivity index is 1.52. The highest BCUT2D eigenvalue weighted by molar-refractivity contribution is 6.46. The standard InChI is InChI=1S/C24H21N3O5/c28-22(17-7-8-18-19(13-17)32-15-31-18)20-21(16-5-2-1-3-6-16)27(24(30)23(20)29)11-4-10-26-12-9-25-14-26/h1-3,5-9,12-14,21,28H,4,10-11,15H2/t21-/m0/s1. The van der Waals surface area contributed by atoms with Crippen LogP contribution >= 0.6 is 0 Å². The number of ether oxygens (including phenoxy) is 2. The van der Waals surface area contributed by atoms with Gasteiger partial charge in [-0.1, -0.05) is 30.3 Å². The normalized spacial score (nSPS) is 19.0. The molecule has 2 aliphatic rings. The predicted octanol–water partition coefficient (Wildman–Crippen LogP) is 3.12. The quantitative estimate of drug-likeness (QED) is 0.366. The number of aryl methyl sites for hydroxylation is 1. The lowest BCUT2D eigenvalue weighted by Crippen LogP contribution is -2.31. The van der Waals surface area contributed by atoms with Gasteiger partial charge in [0.25, 0.3) is 11.7 Å². The number of benzene rings is 2. The lowest BCUT2D eigenvalue weighted by molar-refractivity contribution is -0.139. The van der Waals surface area contributed by atoms with Crippen LogP contribution in [0, 0.1) is 0 Å². The van der Waals surface area contributed by atoms with Gasteiger partial charge in [0.05, 0.1) is 17.9 Å². The molecule has 0 unspecified atom stereocenters. The number of ketones is 1. The molecule has 1 amide bonds. The molecular formula is C24H21N3O5. The van der Waals surface area contributed by atoms with Gasteiger partial charge in [-0.05, 0) is 30.2 Å². The van der Waals surface area contributed by atoms with Crippen LogP contribution < -0.4 is 9.47 Å². The number of carbonyl (C=O) groups is 2. The summed E-state index contributed by atoms with van der Waals surface area (Å²) in [6.45, 7) is 1.12. The number of rotatable bonds is 6. The van der Waals surface area contributed by atoms with Gasteiger partial charge in [0.1, 0.15) is 5.76 Å². The molecule has 0 bridgehead atoms. The second kappa shape index (κ2) is 8.22. The largest absolute Gasteiger partial charge is 0.507 e. The van der Waals surface area contributed by atoms with E-state index in [1.807, 2.05) is 41.1 Å². The van der Waals surface area contributed by atoms with E-state index in [0.29, 0.717) is 36.6 Å². The number of likely N-dealkylation sites (tertiary alicyclic amines) is 1. The maximum Gasteiger partial charge on any atom is 0.295 e. The van der Waals surface area contributed by atoms with Gasteiger partial charge < -0.3 is 24.0 Å². The summed E-state index contributed by atoms with van der Waals surface area (Å²) < 4.78 is 12.6. The van der Waals surface area contributed by atoms with Crippen molar-refractivity contribution in [1.29, 1.82) is 0 Å². The molecule has 0 spiro atoms. The third kappa shape index (κ3) is 3.49. The predicted molar refractivity (Wildman–Crippen MR) is 115 cm³/mol. The van der Waals surface area contributed by atoms with E-state index >= 15 is 0 Å². The van der Waals surface area contributed by atoms with Crippen LogP contribution in [0.3, 0.4) is 0 Å². The Labute approximate surface area is 184 Å². The van der Waals surface area contributed by atoms with E-state index in [0.717, 1.165) is 5.56 Å². The number of nitrogens with zero attached hydrogens (tertiary/aromatic N) is 3. The van der Waals surface area contributed by atoms with Gasteiger partial charge in [0.15, 0.2) is 11.5 Å². The number of hydrogen-bond donors (Lipinski definition) is 1. The topological polar surface area (TPSA) is 93.9 Å². The Morgan fingerprint density at radius 1 is 1.06 bits per heavy atom. The Kier molecular flexibility index (Phi) is 5.10. The van der Waals surface area contributed by atoms with Crippen molar-refractivity contribution in [2.45, 2.75) is 19.0 Å². The molecule has 3 aromatic rings. The maximum atomic E-state index is 13.1. The van der Waals surface area contributed by atoms with Gasteiger partial charge in [-0.25, -0.2) is 4.98 Å². The summed E-state index contributed by atoms with van der Waals surface area (Å²) in [6, 6.07) is 13.5. The van der Waals surface area contributed by atoms with E-state index in [2.05, 4.69) is 4.98 Å². The third-order valence-electron chi connectivity index (χ3n) is 5.68. The third-order valence-corrected chi connectivity index (χ3v) is 5.68. The number of aromatic nitrogens is 2. The highest BCUT2D eigenvalue weighted by atomic mass is 16.7. The number of fused-ring (bicyclic) bond motifs is 1. The summed E-state index contributed by atoms with van der Waals surface area (Å²) in [4.78, 5) is 31.6. The zero-order valence-corrected chi connectivity index (χ0v) is 17.2. The molecule has 0 aliphatic carbocycles. The van der Waals surface area contributed by atoms with Crippen LogP contribution in [0.25, 0.3) is 5.76 Å². The zero-order valence-electron chi connectivity index (χ0n) is 17.2. The van der Waals surface area contributed by atoms with Crippen molar-refractivity contribution in [3.05, 3.63) is 84.0 Å². The van der Waals surface area contributed by atoms with Gasteiger partial charge in [-0.3, -0.25) is 9.59 Å². The van der Waals surface area contributed by atoms with Crippen LogP contribution in [-0.2, 0) is 16.1 Å². The molecule has 8 heteroatoms. The van der Waals surface area contributed by atoms with Crippen molar-refractivity contribution in [3.8, 4) is 11.5 Å². The molecule has 3 heterocycles. The second-order valence-electron chi connectivity index (χ2n) is 7.63. The number of hydrogen-bond acceptors (Lipinski definition) is 6. The van der Waals surface area contributed by atoms with Crippen molar-refractivity contribution in [1.82, 2.24) is 14.5 Å². The first-order chi connectivity index (χ1) is 15.6. The molecule has 5 rings (SSSR count). The summed E-state index contributed by atoms with van der Waals surface area (Å²) in [5.41, 5.74) is 1.23. The van der Waals surface area contributed by atoms with Crippen LogP contribution in [0.5, 0.6) is 11.5 Å². The first-order valence-electron chi connectivity index (χ1n) is 10.3. The Hall–Kier alpha value is -4.07. The monoisotopic (exact) mass is 431 g/mol. The number of Topliss-reactive ketones (excluding diaryl/α,β-unsaturated/α-hetero) is 1. The molecule has 0 saturated carbocycles. The lowest BCUT2D eigenvalue weighted by atomic mass is 9.95. The van der Waals surface area contributed by atoms with Gasteiger partial charge in [-0.15, -0.1) is 0 Å². The molecular weight excluding hydrogens is 410 g/mol. The van der Waals surface area contributed by atoms with Crippen LogP contribution in [-0.4, -0.2) is 44.6 Å². The van der Waals surface area contributed by atoms with E-state index in [9.17, 15) is 14.7 Å². The number of aliphatic hydroxyl groups is 1. The number of carbonyl (C=O) groups excluding carboxylic acids is 2. The summed E-state index contributed by atoms with van der Waals surface area (Å²) >= 11 is 0. The maximum absolute atomic E-state index is 13.1. The van der Waals surface area contributed by atoms with E-state index in [1.165, 1.54) is 4.90 Å². The molecule has 0 radical (unpaired) electrons. The SMILES string of the molecule is O=C1C(=O)N(CCCn2ccnc2)[C@@H](c2ccccc2)C1=C(O)c1ccc2c(c1)OCO2. The van der Waals surface area contributed by atoms with Crippen molar-refractivity contribution in [2.75, 3.05) is 13.3 Å². The van der Waals surface area contributed by atoms with E-state index < -0.39 is 17.7 Å². The fraction of sp³-hybridized carbons (Fsp3) is 0.208. The van der Waals surface area contributed by atoms with E-state index in [4.69, 9.17) is 9.47 Å². The molecule has 8 nitrogen and oxygen atoms in total. The van der Waals surface area contributed by atoms with Crippen LogP contribution in [0.4, 0.5) is 0 Å². The van der Waals surface area contributed by atoms with Crippen LogP contribution in [0.1, 0.15) is 23.6 Å². The van der Waals surface area contributed by atoms with E-state index in [-0.39, 0.29) is 18.1 Å². The molecule has 1 aromatic heterocycles. The van der Waals surface area contributed by atoms with Crippen LogP contribution in [0.15, 0.2) is 72.8 Å². The Morgan fingerprint density at radius 3 is 2.66 bits per heavy atom. The van der Waals surface area contributed by atoms with Gasteiger partial charge in [-0.2, -0.15) is 0 Å². The Bertz CT molecular complexity index is 1190. The number of amides is 1. The van der Waals surface area contributed by atoms with Crippen molar-refractivity contribution in [2.24, 2.45) is 0 Å². The lowest BCUT2D eigenvalue weighted by Gasteiger charge is -2.25. The first-order valence-corrected chi connectivity index (χ1v) is 10.3. The van der Waals surface area contributed by atoms with Crippen molar-refractivity contribution >= 4 is 17.4 Å². The van der Waals surface area contributed by atoms with Crippen molar-refractivity contribution < 1.29 is 24.2 Å². The minimum atomic E-state index is -0.698. The Morgan fingerprint density at radius 2 is 1.88 bits per heavy atom. The first kappa shape index (κ1) is 19.9. The molecule has 2 aliphatic heterocycles. The fourth-order valence-corrected chi connectivity index (χ4v) is 4.13. The molecule has 1 fully saturated rings. The molecule has 162 valence electrons. The smallest absolute Gasteiger partial charge is 0.295 e. The van der Waals surface area contributed by atoms with Gasteiger partial charge >= 0.3 is 0 Å². The van der Waals surface area contributed by atoms with Crippen LogP contribution in [0.2, 0.25) is 0 Å². The van der Waals surface area contributed by atoms with Gasteiger partial charge in [0.2, 0.25) is 6.79 Å². The summed E-state index contributed by atoms with van der Waals surface area (Å²) in [7, 11) is 0. The fourth-order valence-electron chi connectivity index (χ4n) is 4.13.